The summed E-state index contributed by atoms with van der Waals surface area (Å²) in [5, 5.41) is 40.0. The Hall–Kier alpha value is -3.24. The summed E-state index contributed by atoms with van der Waals surface area (Å²) in [6.07, 6.45) is 1.23. The summed E-state index contributed by atoms with van der Waals surface area (Å²) >= 11 is 0. The van der Waals surface area contributed by atoms with Crippen molar-refractivity contribution in [1.29, 1.82) is 0 Å². The molecule has 0 spiro atoms. The van der Waals surface area contributed by atoms with Crippen LogP contribution in [0.15, 0.2) is 6.07 Å². The lowest BCUT2D eigenvalue weighted by molar-refractivity contribution is -0.385. The molecule has 0 atom stereocenters. The topological polar surface area (TPSA) is 175 Å². The molecule has 0 radical (unpaired) electrons. The Kier molecular flexibility index (Phi) is 7.64. The maximum atomic E-state index is 10.7. The summed E-state index contributed by atoms with van der Waals surface area (Å²) in [5.41, 5.74) is 0.257. The van der Waals surface area contributed by atoms with Gasteiger partial charge >= 0.3 is 17.6 Å². The van der Waals surface area contributed by atoms with Gasteiger partial charge in [0.2, 0.25) is 5.69 Å². The van der Waals surface area contributed by atoms with Crippen molar-refractivity contribution in [2.75, 3.05) is 0 Å². The van der Waals surface area contributed by atoms with Gasteiger partial charge < -0.3 is 10.2 Å². The lowest BCUT2D eigenvalue weighted by Crippen LogP contribution is -2.03. The molecule has 2 aromatic heterocycles. The number of H-pyrrole nitrogens is 2. The summed E-state index contributed by atoms with van der Waals surface area (Å²) in [4.78, 5) is 31.0. The first-order chi connectivity index (χ1) is 12.5. The van der Waals surface area contributed by atoms with E-state index in [-0.39, 0.29) is 17.3 Å². The fraction of sp³-hybridized carbons (Fsp3) is 0.500. The minimum Gasteiger partial charge on any atom is -0.476 e. The molecule has 148 valence electrons. The van der Waals surface area contributed by atoms with Crippen LogP contribution in [0.25, 0.3) is 0 Å². The zero-order chi connectivity index (χ0) is 20.7. The van der Waals surface area contributed by atoms with Gasteiger partial charge in [0.25, 0.3) is 0 Å². The van der Waals surface area contributed by atoms with Crippen molar-refractivity contribution < 1.29 is 24.7 Å². The molecule has 0 bridgehead atoms. The first kappa shape index (κ1) is 21.8. The Morgan fingerprint density at radius 3 is 2.07 bits per heavy atom. The van der Waals surface area contributed by atoms with Crippen LogP contribution in [0.2, 0.25) is 0 Å². The summed E-state index contributed by atoms with van der Waals surface area (Å²) in [6, 6.07) is 1.57. The highest BCUT2D eigenvalue weighted by Gasteiger charge is 2.28. The molecule has 0 aromatic carbocycles. The third-order valence-electron chi connectivity index (χ3n) is 3.29. The number of nitro groups is 1. The lowest BCUT2D eigenvalue weighted by Gasteiger charge is -2.00. The third kappa shape index (κ3) is 6.53. The highest BCUT2D eigenvalue weighted by molar-refractivity contribution is 5.90. The van der Waals surface area contributed by atoms with Crippen molar-refractivity contribution in [2.45, 2.75) is 40.5 Å². The number of hydrogen-bond donors (Lipinski definition) is 4. The number of aromatic nitrogens is 4. The number of nitrogens with zero attached hydrogens (tertiary/aromatic N) is 3. The Bertz CT molecular complexity index is 808. The van der Waals surface area contributed by atoms with Crippen LogP contribution in [0.4, 0.5) is 5.69 Å². The van der Waals surface area contributed by atoms with E-state index < -0.39 is 28.2 Å². The second kappa shape index (κ2) is 9.46. The summed E-state index contributed by atoms with van der Waals surface area (Å²) in [6.45, 7) is 7.90. The normalized spacial score (nSPS) is 10.6. The molecule has 0 aliphatic heterocycles. The fourth-order valence-corrected chi connectivity index (χ4v) is 2.28. The lowest BCUT2D eigenvalue weighted by atomic mass is 10.1. The van der Waals surface area contributed by atoms with Gasteiger partial charge in [-0.2, -0.15) is 10.2 Å². The molecule has 4 N–H and O–H groups in total. The van der Waals surface area contributed by atoms with Crippen molar-refractivity contribution in [3.8, 4) is 0 Å². The van der Waals surface area contributed by atoms with Crippen LogP contribution in [-0.4, -0.2) is 47.5 Å². The molecule has 0 unspecified atom stereocenters. The van der Waals surface area contributed by atoms with Crippen molar-refractivity contribution in [2.24, 2.45) is 11.8 Å². The molecule has 2 heterocycles. The van der Waals surface area contributed by atoms with E-state index in [1.165, 1.54) is 0 Å². The van der Waals surface area contributed by atoms with E-state index in [1.54, 1.807) is 6.07 Å². The highest BCUT2D eigenvalue weighted by atomic mass is 16.6. The minimum atomic E-state index is -1.40. The van der Waals surface area contributed by atoms with E-state index in [9.17, 15) is 19.7 Å². The van der Waals surface area contributed by atoms with Crippen LogP contribution in [-0.2, 0) is 12.8 Å². The quantitative estimate of drug-likeness (QED) is 0.418. The Morgan fingerprint density at radius 2 is 1.67 bits per heavy atom. The molecular weight excluding hydrogens is 358 g/mol. The van der Waals surface area contributed by atoms with Crippen LogP contribution < -0.4 is 0 Å². The number of rotatable bonds is 7. The number of aromatic carboxylic acids is 2. The Labute approximate surface area is 155 Å². The van der Waals surface area contributed by atoms with Crippen LogP contribution in [0.5, 0.6) is 0 Å². The average Bonchev–Trinajstić information content (AvgIpc) is 3.13. The first-order valence-corrected chi connectivity index (χ1v) is 8.25. The molecule has 0 amide bonds. The Morgan fingerprint density at radius 1 is 1.07 bits per heavy atom. The number of hydrogen-bond acceptors (Lipinski definition) is 6. The molecule has 0 aliphatic rings. The van der Waals surface area contributed by atoms with E-state index in [4.69, 9.17) is 10.2 Å². The molecule has 2 rings (SSSR count). The van der Waals surface area contributed by atoms with Gasteiger partial charge in [-0.3, -0.25) is 20.3 Å². The second-order valence-corrected chi connectivity index (χ2v) is 6.74. The summed E-state index contributed by atoms with van der Waals surface area (Å²) in [5.74, 6) is -1.69. The average molecular weight is 381 g/mol. The standard InChI is InChI=1S/C8H11N3O4.C8H12N2O2/c1-4(2)3-5-7(11(14)15)6(8(12)13)10-9-5;1-5(2)3-6-4-7(8(11)12)10-9-6/h4H,3H2,1-2H3,(H,9,10)(H,12,13);4-5H,3H2,1-2H3,(H,9,10)(H,11,12). The molecule has 0 saturated heterocycles. The van der Waals surface area contributed by atoms with Crippen molar-refractivity contribution in [3.05, 3.63) is 39.0 Å². The molecule has 0 saturated carbocycles. The number of aromatic amines is 2. The molecule has 11 nitrogen and oxygen atoms in total. The van der Waals surface area contributed by atoms with Crippen molar-refractivity contribution in [3.63, 3.8) is 0 Å². The van der Waals surface area contributed by atoms with Gasteiger partial charge in [0, 0.05) is 5.69 Å². The Balaban J connectivity index is 0.000000277. The number of carbonyl (C=O) groups is 2. The van der Waals surface area contributed by atoms with E-state index in [0.29, 0.717) is 12.3 Å². The van der Waals surface area contributed by atoms with Gasteiger partial charge in [-0.25, -0.2) is 9.59 Å². The minimum absolute atomic E-state index is 0.0886. The second-order valence-electron chi connectivity index (χ2n) is 6.74. The highest BCUT2D eigenvalue weighted by Crippen LogP contribution is 2.23. The fourth-order valence-electron chi connectivity index (χ4n) is 2.28. The molecule has 11 heteroatoms. The summed E-state index contributed by atoms with van der Waals surface area (Å²) < 4.78 is 0. The van der Waals surface area contributed by atoms with Crippen LogP contribution in [0.3, 0.4) is 0 Å². The smallest absolute Gasteiger partial charge is 0.363 e. The van der Waals surface area contributed by atoms with Gasteiger partial charge in [-0.1, -0.05) is 27.7 Å². The first-order valence-electron chi connectivity index (χ1n) is 8.25. The zero-order valence-corrected chi connectivity index (χ0v) is 15.5. The van der Waals surface area contributed by atoms with E-state index in [2.05, 4.69) is 34.2 Å². The SMILES string of the molecule is CC(C)Cc1[nH]nc(C(=O)O)c1[N+](=O)[O-].CC(C)Cc1cc(C(=O)O)n[nH]1. The van der Waals surface area contributed by atoms with Crippen molar-refractivity contribution >= 4 is 17.6 Å². The van der Waals surface area contributed by atoms with E-state index in [1.807, 2.05) is 13.8 Å². The molecular formula is C16H23N5O6. The van der Waals surface area contributed by atoms with Crippen LogP contribution in [0.1, 0.15) is 60.1 Å². The van der Waals surface area contributed by atoms with Gasteiger partial charge in [0.05, 0.1) is 4.92 Å². The maximum absolute atomic E-state index is 10.7. The molecule has 2 aromatic rings. The number of nitrogens with one attached hydrogen (secondary N) is 2. The molecule has 0 fully saturated rings. The molecule has 27 heavy (non-hydrogen) atoms. The predicted molar refractivity (Wildman–Crippen MR) is 94.8 cm³/mol. The third-order valence-corrected chi connectivity index (χ3v) is 3.29. The van der Waals surface area contributed by atoms with Gasteiger partial charge in [0.1, 0.15) is 5.69 Å². The summed E-state index contributed by atoms with van der Waals surface area (Å²) in [7, 11) is 0. The zero-order valence-electron chi connectivity index (χ0n) is 15.5. The van der Waals surface area contributed by atoms with Gasteiger partial charge in [-0.15, -0.1) is 0 Å². The predicted octanol–water partition coefficient (Wildman–Crippen LogP) is 2.52. The van der Waals surface area contributed by atoms with E-state index in [0.717, 1.165) is 12.1 Å². The largest absolute Gasteiger partial charge is 0.476 e. The monoisotopic (exact) mass is 381 g/mol. The van der Waals surface area contributed by atoms with Crippen LogP contribution >= 0.6 is 0 Å². The van der Waals surface area contributed by atoms with Crippen LogP contribution in [0, 0.1) is 22.0 Å². The van der Waals surface area contributed by atoms with Gasteiger partial charge in [0.15, 0.2) is 5.69 Å². The number of carboxylic acids is 2. The van der Waals surface area contributed by atoms with Gasteiger partial charge in [-0.05, 0) is 30.7 Å². The number of carboxylic acid groups (broad SMARTS) is 2. The molecule has 0 aliphatic carbocycles. The van der Waals surface area contributed by atoms with E-state index >= 15 is 0 Å². The maximum Gasteiger partial charge on any atom is 0.363 e. The van der Waals surface area contributed by atoms with Crippen molar-refractivity contribution in [1.82, 2.24) is 20.4 Å².